The van der Waals surface area contributed by atoms with E-state index >= 15 is 0 Å². The topological polar surface area (TPSA) is 137 Å². The number of hydrogen-bond donors (Lipinski definition) is 3. The van der Waals surface area contributed by atoms with Crippen molar-refractivity contribution in [2.24, 2.45) is 11.8 Å². The van der Waals surface area contributed by atoms with E-state index in [1.807, 2.05) is 25.1 Å². The summed E-state index contributed by atoms with van der Waals surface area (Å²) in [5, 5.41) is 35.9. The molecule has 0 bridgehead atoms. The van der Waals surface area contributed by atoms with Gasteiger partial charge in [-0.1, -0.05) is 5.16 Å². The maximum Gasteiger partial charge on any atom is 0.259 e. The Hall–Kier alpha value is -3.48. The van der Waals surface area contributed by atoms with E-state index < -0.39 is 0 Å². The lowest BCUT2D eigenvalue weighted by molar-refractivity contribution is 0.107. The van der Waals surface area contributed by atoms with Gasteiger partial charge in [-0.2, -0.15) is 10.2 Å². The predicted molar refractivity (Wildman–Crippen MR) is 117 cm³/mol. The molecule has 166 valence electrons. The number of aromatic nitrogens is 3. The number of nitriles is 1. The Kier molecular flexibility index (Phi) is 6.63. The molecule has 0 fully saturated rings. The summed E-state index contributed by atoms with van der Waals surface area (Å²) in [5.41, 5.74) is 3.82. The average Bonchev–Trinajstić information content (AvgIpc) is 3.23. The lowest BCUT2D eigenvalue weighted by Gasteiger charge is -2.22. The number of nitrogens with zero attached hydrogens (tertiary/aromatic N) is 4. The van der Waals surface area contributed by atoms with Crippen LogP contribution in [0.5, 0.6) is 5.88 Å². The quantitative estimate of drug-likeness (QED) is 0.511. The van der Waals surface area contributed by atoms with Crippen LogP contribution < -0.4 is 10.1 Å². The number of aliphatic hydroxyl groups excluding tert-OH is 2. The number of nitrogens with one attached hydrogen (secondary N) is 1. The summed E-state index contributed by atoms with van der Waals surface area (Å²) in [4.78, 5) is 8.67. The van der Waals surface area contributed by atoms with Gasteiger partial charge in [-0.05, 0) is 55.5 Å². The molecule has 4 rings (SSSR count). The van der Waals surface area contributed by atoms with E-state index in [2.05, 4.69) is 26.5 Å². The van der Waals surface area contributed by atoms with Gasteiger partial charge in [0.05, 0.1) is 12.2 Å². The van der Waals surface area contributed by atoms with Gasteiger partial charge in [0.2, 0.25) is 11.7 Å². The second-order valence-corrected chi connectivity index (χ2v) is 7.72. The number of rotatable bonds is 7. The number of aliphatic hydroxyl groups is 2. The van der Waals surface area contributed by atoms with Gasteiger partial charge in [0.1, 0.15) is 11.6 Å². The molecular weight excluding hydrogens is 410 g/mol. The molecule has 2 aromatic heterocycles. The first-order chi connectivity index (χ1) is 15.7. The second kappa shape index (κ2) is 9.77. The fourth-order valence-electron chi connectivity index (χ4n) is 3.91. The molecule has 3 heterocycles. The van der Waals surface area contributed by atoms with Gasteiger partial charge in [0.15, 0.2) is 0 Å². The standard InChI is InChI=1S/C23H25N5O4/c1-2-31-22-17(9-24)8-18(11-26-22)23-27-21(28-32-23)15-5-6-20-14(7-15)3-4-16(10-25-20)19(12-29)13-30/h5-8,11,16,19,25,29-30H,2-4,10,12-13H2,1H3. The first kappa shape index (κ1) is 21.7. The molecule has 32 heavy (non-hydrogen) atoms. The molecule has 0 saturated heterocycles. The third-order valence-corrected chi connectivity index (χ3v) is 5.76. The minimum Gasteiger partial charge on any atom is -0.477 e. The predicted octanol–water partition coefficient (Wildman–Crippen LogP) is 2.64. The first-order valence-electron chi connectivity index (χ1n) is 10.6. The SMILES string of the molecule is CCOc1ncc(-c2nc(-c3ccc4c(c3)CCC(C(CO)CO)CN4)no2)cc1C#N. The van der Waals surface area contributed by atoms with E-state index in [4.69, 9.17) is 9.26 Å². The van der Waals surface area contributed by atoms with E-state index in [-0.39, 0.29) is 36.8 Å². The fraction of sp³-hybridized carbons (Fsp3) is 0.391. The summed E-state index contributed by atoms with van der Waals surface area (Å²) in [6.07, 6.45) is 3.22. The van der Waals surface area contributed by atoms with Gasteiger partial charge < -0.3 is 24.8 Å². The van der Waals surface area contributed by atoms with Gasteiger partial charge in [-0.3, -0.25) is 0 Å². The van der Waals surface area contributed by atoms with Gasteiger partial charge >= 0.3 is 0 Å². The molecule has 9 heteroatoms. The van der Waals surface area contributed by atoms with E-state index in [0.717, 1.165) is 29.7 Å². The number of ether oxygens (including phenoxy) is 1. The van der Waals surface area contributed by atoms with Crippen LogP contribution in [0.3, 0.4) is 0 Å². The molecule has 0 spiro atoms. The molecule has 1 aliphatic heterocycles. The summed E-state index contributed by atoms with van der Waals surface area (Å²) in [5.74, 6) is 1.06. The lowest BCUT2D eigenvalue weighted by atomic mass is 9.89. The third-order valence-electron chi connectivity index (χ3n) is 5.76. The van der Waals surface area contributed by atoms with Crippen molar-refractivity contribution in [2.75, 3.05) is 31.7 Å². The molecule has 3 N–H and O–H groups in total. The van der Waals surface area contributed by atoms with Crippen molar-refractivity contribution < 1.29 is 19.5 Å². The Morgan fingerprint density at radius 2 is 2.12 bits per heavy atom. The van der Waals surface area contributed by atoms with Crippen molar-refractivity contribution in [3.63, 3.8) is 0 Å². The summed E-state index contributed by atoms with van der Waals surface area (Å²) < 4.78 is 10.8. The molecule has 1 atom stereocenters. The number of benzene rings is 1. The largest absolute Gasteiger partial charge is 0.477 e. The van der Waals surface area contributed by atoms with Gasteiger partial charge in [-0.15, -0.1) is 0 Å². The summed E-state index contributed by atoms with van der Waals surface area (Å²) in [6, 6.07) is 9.64. The second-order valence-electron chi connectivity index (χ2n) is 7.72. The Bertz CT molecular complexity index is 1120. The van der Waals surface area contributed by atoms with Crippen LogP contribution in [0.15, 0.2) is 35.0 Å². The Balaban J connectivity index is 1.56. The van der Waals surface area contributed by atoms with Crippen LogP contribution >= 0.6 is 0 Å². The van der Waals surface area contributed by atoms with Crippen molar-refractivity contribution in [1.82, 2.24) is 15.1 Å². The molecule has 1 unspecified atom stereocenters. The van der Waals surface area contributed by atoms with Crippen LogP contribution in [0.4, 0.5) is 5.69 Å². The van der Waals surface area contributed by atoms with Crippen molar-refractivity contribution in [1.29, 1.82) is 5.26 Å². The highest BCUT2D eigenvalue weighted by Gasteiger charge is 2.24. The maximum absolute atomic E-state index is 9.51. The molecule has 0 radical (unpaired) electrons. The van der Waals surface area contributed by atoms with Crippen molar-refractivity contribution >= 4 is 5.69 Å². The van der Waals surface area contributed by atoms with Crippen LogP contribution in [0, 0.1) is 23.2 Å². The normalized spacial score (nSPS) is 15.5. The van der Waals surface area contributed by atoms with E-state index in [1.54, 1.807) is 12.3 Å². The minimum atomic E-state index is -0.128. The summed E-state index contributed by atoms with van der Waals surface area (Å²) in [6.45, 7) is 2.90. The molecule has 1 aliphatic rings. The van der Waals surface area contributed by atoms with Crippen molar-refractivity contribution in [2.45, 2.75) is 19.8 Å². The number of pyridine rings is 1. The molecule has 0 saturated carbocycles. The summed E-state index contributed by atoms with van der Waals surface area (Å²) >= 11 is 0. The Morgan fingerprint density at radius 3 is 2.88 bits per heavy atom. The smallest absolute Gasteiger partial charge is 0.259 e. The molecule has 1 aromatic carbocycles. The lowest BCUT2D eigenvalue weighted by Crippen LogP contribution is -2.27. The van der Waals surface area contributed by atoms with Gasteiger partial charge in [0.25, 0.3) is 5.89 Å². The summed E-state index contributed by atoms with van der Waals surface area (Å²) in [7, 11) is 0. The number of anilines is 1. The minimum absolute atomic E-state index is 0.0238. The van der Waals surface area contributed by atoms with Crippen LogP contribution in [0.1, 0.15) is 24.5 Å². The zero-order valence-corrected chi connectivity index (χ0v) is 17.8. The van der Waals surface area contributed by atoms with Crippen LogP contribution in [0.25, 0.3) is 22.8 Å². The molecular formula is C23H25N5O4. The third kappa shape index (κ3) is 4.42. The van der Waals surface area contributed by atoms with Crippen molar-refractivity contribution in [3.05, 3.63) is 41.6 Å². The highest BCUT2D eigenvalue weighted by molar-refractivity contribution is 5.66. The molecule has 9 nitrogen and oxygen atoms in total. The molecule has 3 aromatic rings. The fourth-order valence-corrected chi connectivity index (χ4v) is 3.91. The van der Waals surface area contributed by atoms with Crippen LogP contribution in [0.2, 0.25) is 0 Å². The van der Waals surface area contributed by atoms with Crippen molar-refractivity contribution in [3.8, 4) is 34.8 Å². The number of aryl methyl sites for hydroxylation is 1. The Labute approximate surface area is 185 Å². The molecule has 0 aliphatic carbocycles. The number of fused-ring (bicyclic) bond motifs is 1. The molecule has 0 amide bonds. The highest BCUT2D eigenvalue weighted by Crippen LogP contribution is 2.31. The Morgan fingerprint density at radius 1 is 1.28 bits per heavy atom. The monoisotopic (exact) mass is 435 g/mol. The van der Waals surface area contributed by atoms with Crippen LogP contribution in [-0.2, 0) is 6.42 Å². The van der Waals surface area contributed by atoms with Gasteiger partial charge in [-0.25, -0.2) is 4.98 Å². The van der Waals surface area contributed by atoms with E-state index in [1.165, 1.54) is 0 Å². The van der Waals surface area contributed by atoms with E-state index in [9.17, 15) is 15.5 Å². The average molecular weight is 435 g/mol. The zero-order chi connectivity index (χ0) is 22.5. The zero-order valence-electron chi connectivity index (χ0n) is 17.8. The van der Waals surface area contributed by atoms with E-state index in [0.29, 0.717) is 30.1 Å². The number of hydrogen-bond acceptors (Lipinski definition) is 9. The first-order valence-corrected chi connectivity index (χ1v) is 10.6. The maximum atomic E-state index is 9.51. The van der Waals surface area contributed by atoms with Gasteiger partial charge in [0, 0.05) is 43.1 Å². The highest BCUT2D eigenvalue weighted by atomic mass is 16.5. The van der Waals surface area contributed by atoms with Crippen LogP contribution in [-0.4, -0.2) is 51.7 Å².